The molecule has 5 heteroatoms. The summed E-state index contributed by atoms with van der Waals surface area (Å²) in [4.78, 5) is 26.3. The van der Waals surface area contributed by atoms with Crippen molar-refractivity contribution in [2.45, 2.75) is 51.5 Å². The molecule has 1 aliphatic heterocycles. The molecule has 142 valence electrons. The topological polar surface area (TPSA) is 58.6 Å². The van der Waals surface area contributed by atoms with Gasteiger partial charge in [0.2, 0.25) is 11.8 Å². The molecule has 0 spiro atoms. The van der Waals surface area contributed by atoms with Crippen LogP contribution in [0.15, 0.2) is 18.2 Å². The summed E-state index contributed by atoms with van der Waals surface area (Å²) in [6.45, 7) is 3.44. The summed E-state index contributed by atoms with van der Waals surface area (Å²) in [5, 5.41) is 3.17. The average Bonchev–Trinajstić information content (AvgIpc) is 2.67. The van der Waals surface area contributed by atoms with Crippen LogP contribution in [0.3, 0.4) is 0 Å². The first kappa shape index (κ1) is 18.9. The number of carbonyl (C=O) groups excluding carboxylic acids is 2. The van der Waals surface area contributed by atoms with Crippen molar-refractivity contribution in [3.8, 4) is 0 Å². The Balaban J connectivity index is 1.53. The lowest BCUT2D eigenvalue weighted by atomic mass is 9.89. The first-order valence-corrected chi connectivity index (χ1v) is 9.77. The van der Waals surface area contributed by atoms with E-state index < -0.39 is 0 Å². The number of likely N-dealkylation sites (tertiary alicyclic amines) is 1. The monoisotopic (exact) mass is 358 g/mol. The first-order chi connectivity index (χ1) is 12.6. The molecule has 3 rings (SSSR count). The average molecular weight is 358 g/mol. The molecular formula is C21H30N2O3. The zero-order chi connectivity index (χ0) is 18.5. The first-order valence-electron chi connectivity index (χ1n) is 9.77. The molecule has 1 N–H and O–H groups in total. The van der Waals surface area contributed by atoms with Crippen molar-refractivity contribution in [2.24, 2.45) is 5.92 Å². The number of aryl methyl sites for hydroxylation is 2. The molecule has 1 heterocycles. The standard InChI is InChI=1S/C21H30N2O3/c1-15(18-8-7-16-5-3-4-6-19(16)13-18)22-21(25)17-9-11-23(12-10-17)20(24)14-26-2/h7-8,13,15,17H,3-6,9-12,14H2,1-2H3,(H,22,25). The second kappa shape index (κ2) is 8.67. The third-order valence-electron chi connectivity index (χ3n) is 5.72. The molecule has 1 aromatic rings. The number of fused-ring (bicyclic) bond motifs is 1. The van der Waals surface area contributed by atoms with E-state index in [0.717, 1.165) is 19.3 Å². The van der Waals surface area contributed by atoms with Crippen molar-refractivity contribution in [3.05, 3.63) is 34.9 Å². The number of methoxy groups -OCH3 is 1. The van der Waals surface area contributed by atoms with Crippen LogP contribution in [0, 0.1) is 5.92 Å². The predicted octanol–water partition coefficient (Wildman–Crippen LogP) is 2.63. The van der Waals surface area contributed by atoms with Crippen molar-refractivity contribution < 1.29 is 14.3 Å². The zero-order valence-corrected chi connectivity index (χ0v) is 15.9. The molecule has 1 atom stereocenters. The van der Waals surface area contributed by atoms with Gasteiger partial charge in [-0.15, -0.1) is 0 Å². The van der Waals surface area contributed by atoms with Gasteiger partial charge in [0.25, 0.3) is 0 Å². The van der Waals surface area contributed by atoms with Crippen molar-refractivity contribution in [1.82, 2.24) is 10.2 Å². The Hall–Kier alpha value is -1.88. The van der Waals surface area contributed by atoms with Crippen molar-refractivity contribution in [2.75, 3.05) is 26.8 Å². The molecule has 1 saturated heterocycles. The van der Waals surface area contributed by atoms with Crippen LogP contribution in [0.5, 0.6) is 0 Å². The number of amides is 2. The molecule has 0 saturated carbocycles. The summed E-state index contributed by atoms with van der Waals surface area (Å²) in [7, 11) is 1.53. The highest BCUT2D eigenvalue weighted by molar-refractivity contribution is 5.80. The summed E-state index contributed by atoms with van der Waals surface area (Å²) in [6, 6.07) is 6.67. The smallest absolute Gasteiger partial charge is 0.248 e. The van der Waals surface area contributed by atoms with E-state index in [1.54, 1.807) is 4.90 Å². The summed E-state index contributed by atoms with van der Waals surface area (Å²) in [5.74, 6) is 0.101. The van der Waals surface area contributed by atoms with Crippen LogP contribution in [0.4, 0.5) is 0 Å². The van der Waals surface area contributed by atoms with E-state index in [1.807, 2.05) is 0 Å². The lowest BCUT2D eigenvalue weighted by Crippen LogP contribution is -2.44. The van der Waals surface area contributed by atoms with E-state index in [2.05, 4.69) is 30.4 Å². The number of hydrogen-bond donors (Lipinski definition) is 1. The van der Waals surface area contributed by atoms with Crippen LogP contribution in [0.1, 0.15) is 55.3 Å². The highest BCUT2D eigenvalue weighted by atomic mass is 16.5. The number of piperidine rings is 1. The van der Waals surface area contributed by atoms with E-state index in [1.165, 1.54) is 43.1 Å². The number of nitrogens with one attached hydrogen (secondary N) is 1. The summed E-state index contributed by atoms with van der Waals surface area (Å²) in [6.07, 6.45) is 6.31. The van der Waals surface area contributed by atoms with Gasteiger partial charge >= 0.3 is 0 Å². The minimum Gasteiger partial charge on any atom is -0.375 e. The maximum Gasteiger partial charge on any atom is 0.248 e. The minimum absolute atomic E-state index is 0.00813. The molecule has 0 bridgehead atoms. The molecule has 2 amide bonds. The summed E-state index contributed by atoms with van der Waals surface area (Å²) >= 11 is 0. The maximum absolute atomic E-state index is 12.6. The van der Waals surface area contributed by atoms with Gasteiger partial charge in [-0.1, -0.05) is 18.2 Å². The van der Waals surface area contributed by atoms with E-state index in [0.29, 0.717) is 13.1 Å². The molecule has 0 aromatic heterocycles. The van der Waals surface area contributed by atoms with Gasteiger partial charge in [0, 0.05) is 26.1 Å². The van der Waals surface area contributed by atoms with Gasteiger partial charge in [0.1, 0.15) is 6.61 Å². The number of carbonyl (C=O) groups is 2. The Morgan fingerprint density at radius 3 is 2.58 bits per heavy atom. The Kier molecular flexibility index (Phi) is 6.30. The second-order valence-corrected chi connectivity index (χ2v) is 7.55. The van der Waals surface area contributed by atoms with Crippen LogP contribution in [0.25, 0.3) is 0 Å². The summed E-state index contributed by atoms with van der Waals surface area (Å²) in [5.41, 5.74) is 4.10. The lowest BCUT2D eigenvalue weighted by Gasteiger charge is -2.32. The van der Waals surface area contributed by atoms with Gasteiger partial charge in [-0.2, -0.15) is 0 Å². The third-order valence-corrected chi connectivity index (χ3v) is 5.72. The van der Waals surface area contributed by atoms with Crippen LogP contribution in [-0.2, 0) is 27.2 Å². The molecular weight excluding hydrogens is 328 g/mol. The quantitative estimate of drug-likeness (QED) is 0.880. The lowest BCUT2D eigenvalue weighted by molar-refractivity contribution is -0.138. The van der Waals surface area contributed by atoms with Gasteiger partial charge in [-0.05, 0) is 62.1 Å². The second-order valence-electron chi connectivity index (χ2n) is 7.55. The molecule has 1 aromatic carbocycles. The van der Waals surface area contributed by atoms with Crippen LogP contribution in [-0.4, -0.2) is 43.5 Å². The van der Waals surface area contributed by atoms with Crippen LogP contribution < -0.4 is 5.32 Å². The van der Waals surface area contributed by atoms with E-state index in [4.69, 9.17) is 4.74 Å². The molecule has 0 radical (unpaired) electrons. The molecule has 5 nitrogen and oxygen atoms in total. The van der Waals surface area contributed by atoms with Gasteiger partial charge in [-0.3, -0.25) is 9.59 Å². The Morgan fingerprint density at radius 2 is 1.88 bits per heavy atom. The van der Waals surface area contributed by atoms with Crippen molar-refractivity contribution in [3.63, 3.8) is 0 Å². The predicted molar refractivity (Wildman–Crippen MR) is 101 cm³/mol. The molecule has 26 heavy (non-hydrogen) atoms. The third kappa shape index (κ3) is 4.44. The van der Waals surface area contributed by atoms with Gasteiger partial charge < -0.3 is 15.0 Å². The zero-order valence-electron chi connectivity index (χ0n) is 15.9. The summed E-state index contributed by atoms with van der Waals surface area (Å²) < 4.78 is 4.90. The SMILES string of the molecule is COCC(=O)N1CCC(C(=O)NC(C)c2ccc3c(c2)CCCC3)CC1. The fourth-order valence-electron chi connectivity index (χ4n) is 4.04. The van der Waals surface area contributed by atoms with E-state index >= 15 is 0 Å². The fraction of sp³-hybridized carbons (Fsp3) is 0.619. The normalized spacial score (nSPS) is 18.9. The number of ether oxygens (including phenoxy) is 1. The minimum atomic E-state index is -0.0123. The number of rotatable bonds is 5. The number of benzene rings is 1. The highest BCUT2D eigenvalue weighted by Gasteiger charge is 2.28. The molecule has 2 aliphatic rings. The Bertz CT molecular complexity index is 651. The van der Waals surface area contributed by atoms with Crippen molar-refractivity contribution in [1.29, 1.82) is 0 Å². The van der Waals surface area contributed by atoms with Crippen LogP contribution in [0.2, 0.25) is 0 Å². The maximum atomic E-state index is 12.6. The molecule has 1 aliphatic carbocycles. The van der Waals surface area contributed by atoms with Gasteiger partial charge in [-0.25, -0.2) is 0 Å². The number of hydrogen-bond acceptors (Lipinski definition) is 3. The highest BCUT2D eigenvalue weighted by Crippen LogP contribution is 2.25. The van der Waals surface area contributed by atoms with E-state index in [9.17, 15) is 9.59 Å². The fourth-order valence-corrected chi connectivity index (χ4v) is 4.04. The molecule has 1 fully saturated rings. The van der Waals surface area contributed by atoms with Crippen molar-refractivity contribution >= 4 is 11.8 Å². The largest absolute Gasteiger partial charge is 0.375 e. The Labute approximate surface area is 156 Å². The van der Waals surface area contributed by atoms with Crippen LogP contribution >= 0.6 is 0 Å². The van der Waals surface area contributed by atoms with Gasteiger partial charge in [0.15, 0.2) is 0 Å². The van der Waals surface area contributed by atoms with Gasteiger partial charge in [0.05, 0.1) is 6.04 Å². The molecule has 1 unspecified atom stereocenters. The number of nitrogens with zero attached hydrogens (tertiary/aromatic N) is 1. The van der Waals surface area contributed by atoms with E-state index in [-0.39, 0.29) is 30.4 Å². The Morgan fingerprint density at radius 1 is 1.19 bits per heavy atom.